The van der Waals surface area contributed by atoms with Crippen LogP contribution in [-0.4, -0.2) is 40.9 Å². The second-order valence-electron chi connectivity index (χ2n) is 8.62. The molecule has 0 aromatic carbocycles. The molecule has 0 N–H and O–H groups in total. The molecule has 1 aliphatic rings. The first kappa shape index (κ1) is 20.4. The highest BCUT2D eigenvalue weighted by molar-refractivity contribution is 5.78. The molecule has 0 bridgehead atoms. The zero-order valence-corrected chi connectivity index (χ0v) is 18.3. The van der Waals surface area contributed by atoms with Crippen LogP contribution >= 0.6 is 0 Å². The number of ether oxygens (including phenoxy) is 1. The lowest BCUT2D eigenvalue weighted by atomic mass is 9.81. The summed E-state index contributed by atoms with van der Waals surface area (Å²) in [5.41, 5.74) is 4.95. The van der Waals surface area contributed by atoms with Crippen molar-refractivity contribution in [3.63, 3.8) is 0 Å². The van der Waals surface area contributed by atoms with Gasteiger partial charge in [0.05, 0.1) is 29.6 Å². The Labute approximate surface area is 167 Å². The molecule has 2 aromatic rings. The molecule has 0 saturated carbocycles. The van der Waals surface area contributed by atoms with E-state index in [1.165, 1.54) is 18.4 Å². The van der Waals surface area contributed by atoms with E-state index in [-0.39, 0.29) is 11.9 Å². The quantitative estimate of drug-likeness (QED) is 0.747. The standard InChI is InChI=1S/C22H32N4O2/c1-13(2)20-16(5)24-26(17(20)6)18-9-10-19(23-15(18)4)25-11-14(3)22(7,12-25)21(27)28-8/h9-10,13-14H,11-12H2,1-8H3/t14?,22-/m1/s1. The number of anilines is 1. The molecule has 28 heavy (non-hydrogen) atoms. The minimum absolute atomic E-state index is 0.153. The number of carbonyl (C=O) groups excluding carboxylic acids is 1. The van der Waals surface area contributed by atoms with Gasteiger partial charge in [-0.3, -0.25) is 4.79 Å². The summed E-state index contributed by atoms with van der Waals surface area (Å²) in [6, 6.07) is 4.11. The molecule has 0 aliphatic carbocycles. The van der Waals surface area contributed by atoms with E-state index in [1.54, 1.807) is 0 Å². The summed E-state index contributed by atoms with van der Waals surface area (Å²) in [6.45, 7) is 16.1. The minimum atomic E-state index is -0.509. The van der Waals surface area contributed by atoms with Crippen LogP contribution in [-0.2, 0) is 9.53 Å². The molecule has 0 spiro atoms. The fourth-order valence-electron chi connectivity index (χ4n) is 4.49. The van der Waals surface area contributed by atoms with Crippen LogP contribution in [0.15, 0.2) is 12.1 Å². The molecule has 1 saturated heterocycles. The van der Waals surface area contributed by atoms with Crippen LogP contribution in [0.2, 0.25) is 0 Å². The van der Waals surface area contributed by atoms with Crippen LogP contribution in [0.3, 0.4) is 0 Å². The van der Waals surface area contributed by atoms with Gasteiger partial charge in [0.1, 0.15) is 5.82 Å². The minimum Gasteiger partial charge on any atom is -0.469 e. The maximum absolute atomic E-state index is 12.3. The van der Waals surface area contributed by atoms with E-state index in [4.69, 9.17) is 14.8 Å². The zero-order chi connectivity index (χ0) is 20.8. The van der Waals surface area contributed by atoms with E-state index in [2.05, 4.69) is 45.6 Å². The highest BCUT2D eigenvalue weighted by atomic mass is 16.5. The number of pyridine rings is 1. The second kappa shape index (κ2) is 7.22. The average Bonchev–Trinajstić information content (AvgIpc) is 3.10. The van der Waals surface area contributed by atoms with E-state index < -0.39 is 5.41 Å². The third kappa shape index (κ3) is 3.19. The number of methoxy groups -OCH3 is 1. The van der Waals surface area contributed by atoms with Crippen molar-refractivity contribution in [3.05, 3.63) is 34.8 Å². The van der Waals surface area contributed by atoms with Gasteiger partial charge in [-0.1, -0.05) is 20.8 Å². The molecule has 1 fully saturated rings. The highest BCUT2D eigenvalue weighted by Crippen LogP contribution is 2.38. The van der Waals surface area contributed by atoms with Crippen molar-refractivity contribution in [1.29, 1.82) is 0 Å². The van der Waals surface area contributed by atoms with Crippen molar-refractivity contribution < 1.29 is 9.53 Å². The first-order chi connectivity index (χ1) is 13.1. The van der Waals surface area contributed by atoms with Crippen molar-refractivity contribution in [2.45, 2.75) is 54.4 Å². The van der Waals surface area contributed by atoms with Crippen molar-refractivity contribution in [3.8, 4) is 5.69 Å². The molecule has 3 heterocycles. The Morgan fingerprint density at radius 2 is 1.93 bits per heavy atom. The molecule has 2 atom stereocenters. The van der Waals surface area contributed by atoms with Gasteiger partial charge < -0.3 is 9.64 Å². The van der Waals surface area contributed by atoms with Crippen molar-refractivity contribution in [1.82, 2.24) is 14.8 Å². The van der Waals surface area contributed by atoms with Gasteiger partial charge in [-0.05, 0) is 57.2 Å². The van der Waals surface area contributed by atoms with Crippen LogP contribution < -0.4 is 4.90 Å². The van der Waals surface area contributed by atoms with E-state index in [0.29, 0.717) is 12.5 Å². The maximum Gasteiger partial charge on any atom is 0.313 e. The summed E-state index contributed by atoms with van der Waals surface area (Å²) in [5, 5.41) is 4.76. The van der Waals surface area contributed by atoms with Gasteiger partial charge in [0.25, 0.3) is 0 Å². The van der Waals surface area contributed by atoms with Crippen LogP contribution in [0.5, 0.6) is 0 Å². The van der Waals surface area contributed by atoms with Crippen LogP contribution in [0.25, 0.3) is 5.69 Å². The second-order valence-corrected chi connectivity index (χ2v) is 8.62. The summed E-state index contributed by atoms with van der Waals surface area (Å²) in [4.78, 5) is 19.3. The molecule has 0 radical (unpaired) electrons. The van der Waals surface area contributed by atoms with E-state index in [1.807, 2.05) is 24.6 Å². The van der Waals surface area contributed by atoms with Gasteiger partial charge in [-0.15, -0.1) is 0 Å². The Morgan fingerprint density at radius 1 is 1.25 bits per heavy atom. The van der Waals surface area contributed by atoms with Crippen LogP contribution in [0.4, 0.5) is 5.82 Å². The first-order valence-corrected chi connectivity index (χ1v) is 9.97. The Morgan fingerprint density at radius 3 is 2.46 bits per heavy atom. The Balaban J connectivity index is 1.93. The van der Waals surface area contributed by atoms with Crippen molar-refractivity contribution in [2.24, 2.45) is 11.3 Å². The van der Waals surface area contributed by atoms with Crippen LogP contribution in [0, 0.1) is 32.1 Å². The van der Waals surface area contributed by atoms with Gasteiger partial charge >= 0.3 is 5.97 Å². The van der Waals surface area contributed by atoms with E-state index in [0.717, 1.165) is 29.4 Å². The number of aromatic nitrogens is 3. The SMILES string of the molecule is COC(=O)[C@]1(C)CN(c2ccc(-n3nc(C)c(C(C)C)c3C)c(C)n2)CC1C. The predicted molar refractivity (Wildman–Crippen MR) is 111 cm³/mol. The largest absolute Gasteiger partial charge is 0.469 e. The zero-order valence-electron chi connectivity index (χ0n) is 18.3. The van der Waals surface area contributed by atoms with Gasteiger partial charge in [0.15, 0.2) is 0 Å². The Hall–Kier alpha value is -2.37. The fourth-order valence-corrected chi connectivity index (χ4v) is 4.49. The van der Waals surface area contributed by atoms with Crippen molar-refractivity contribution >= 4 is 11.8 Å². The third-order valence-corrected chi connectivity index (χ3v) is 6.27. The number of hydrogen-bond donors (Lipinski definition) is 0. The highest BCUT2D eigenvalue weighted by Gasteiger charge is 2.47. The summed E-state index contributed by atoms with van der Waals surface area (Å²) in [7, 11) is 1.46. The molecule has 0 amide bonds. The number of carbonyl (C=O) groups is 1. The normalized spacial score (nSPS) is 22.2. The van der Waals surface area contributed by atoms with Crippen LogP contribution in [0.1, 0.15) is 56.3 Å². The Bertz CT molecular complexity index is 902. The summed E-state index contributed by atoms with van der Waals surface area (Å²) < 4.78 is 7.04. The first-order valence-electron chi connectivity index (χ1n) is 9.97. The molecular weight excluding hydrogens is 352 g/mol. The topological polar surface area (TPSA) is 60.2 Å². The maximum atomic E-state index is 12.3. The van der Waals surface area contributed by atoms with Gasteiger partial charge in [0, 0.05) is 18.8 Å². The van der Waals surface area contributed by atoms with Gasteiger partial charge in [-0.2, -0.15) is 5.10 Å². The molecule has 152 valence electrons. The van der Waals surface area contributed by atoms with Crippen molar-refractivity contribution in [2.75, 3.05) is 25.1 Å². The van der Waals surface area contributed by atoms with Gasteiger partial charge in [-0.25, -0.2) is 9.67 Å². The lowest BCUT2D eigenvalue weighted by Gasteiger charge is -2.25. The molecule has 6 nitrogen and oxygen atoms in total. The third-order valence-electron chi connectivity index (χ3n) is 6.27. The number of nitrogens with zero attached hydrogens (tertiary/aromatic N) is 4. The molecule has 1 aliphatic heterocycles. The summed E-state index contributed by atoms with van der Waals surface area (Å²) in [5.74, 6) is 1.38. The monoisotopic (exact) mass is 384 g/mol. The fraction of sp³-hybridized carbons (Fsp3) is 0.591. The lowest BCUT2D eigenvalue weighted by molar-refractivity contribution is -0.152. The molecular formula is C22H32N4O2. The molecule has 6 heteroatoms. The molecule has 2 aromatic heterocycles. The number of rotatable bonds is 4. The predicted octanol–water partition coefficient (Wildman–Crippen LogP) is 3.95. The van der Waals surface area contributed by atoms with Gasteiger partial charge in [0.2, 0.25) is 0 Å². The van der Waals surface area contributed by atoms with E-state index >= 15 is 0 Å². The lowest BCUT2D eigenvalue weighted by Crippen LogP contribution is -2.36. The number of hydrogen-bond acceptors (Lipinski definition) is 5. The summed E-state index contributed by atoms with van der Waals surface area (Å²) >= 11 is 0. The number of aryl methyl sites for hydroxylation is 2. The molecule has 3 rings (SSSR count). The number of esters is 1. The summed E-state index contributed by atoms with van der Waals surface area (Å²) in [6.07, 6.45) is 0. The average molecular weight is 385 g/mol. The van der Waals surface area contributed by atoms with E-state index in [9.17, 15) is 4.79 Å². The Kier molecular flexibility index (Phi) is 5.26. The smallest absolute Gasteiger partial charge is 0.313 e. The molecule has 1 unspecified atom stereocenters.